The van der Waals surface area contributed by atoms with E-state index >= 15 is 0 Å². The van der Waals surface area contributed by atoms with Crippen LogP contribution < -0.4 is 16.0 Å². The van der Waals surface area contributed by atoms with Crippen LogP contribution in [0.3, 0.4) is 0 Å². The second-order valence-corrected chi connectivity index (χ2v) is 4.50. The molecule has 1 aromatic heterocycles. The van der Waals surface area contributed by atoms with E-state index in [1.165, 1.54) is 19.3 Å². The molecule has 1 aromatic rings. The maximum atomic E-state index is 5.46. The van der Waals surface area contributed by atoms with Gasteiger partial charge in [0.1, 0.15) is 5.82 Å². The fourth-order valence-electron chi connectivity index (χ4n) is 2.18. The monoisotopic (exact) mass is 235 g/mol. The quantitative estimate of drug-likeness (QED) is 0.821. The van der Waals surface area contributed by atoms with Gasteiger partial charge in [-0.15, -0.1) is 0 Å². The number of aromatic nitrogens is 2. The molecular weight excluding hydrogens is 214 g/mol. The Balaban J connectivity index is 2.08. The summed E-state index contributed by atoms with van der Waals surface area (Å²) < 4.78 is 0. The first kappa shape index (κ1) is 12.1. The van der Waals surface area contributed by atoms with Gasteiger partial charge in [-0.2, -0.15) is 4.98 Å². The van der Waals surface area contributed by atoms with Gasteiger partial charge in [0.2, 0.25) is 5.95 Å². The lowest BCUT2D eigenvalue weighted by atomic mass is 10.0. The first-order chi connectivity index (χ1) is 8.31. The molecule has 0 amide bonds. The van der Waals surface area contributed by atoms with E-state index in [1.807, 2.05) is 12.3 Å². The highest BCUT2D eigenvalue weighted by Gasteiger charge is 2.20. The summed E-state index contributed by atoms with van der Waals surface area (Å²) in [6.07, 6.45) is 5.57. The molecule has 0 radical (unpaired) electrons. The maximum Gasteiger partial charge on any atom is 0.227 e. The standard InChI is InChI=1S/C12H21N5/c1-10-4-2-3-9-17(10)12-15-7-5-11(16-12)14-8-6-13/h5,7,10H,2-4,6,8-9,13H2,1H3,(H,14,15,16). The van der Waals surface area contributed by atoms with E-state index < -0.39 is 0 Å². The van der Waals surface area contributed by atoms with Crippen LogP contribution in [0.5, 0.6) is 0 Å². The Morgan fingerprint density at radius 3 is 3.18 bits per heavy atom. The molecule has 1 atom stereocenters. The third kappa shape index (κ3) is 3.06. The first-order valence-corrected chi connectivity index (χ1v) is 6.35. The SMILES string of the molecule is CC1CCCCN1c1nccc(NCCN)n1. The molecule has 0 spiro atoms. The van der Waals surface area contributed by atoms with Gasteiger partial charge < -0.3 is 16.0 Å². The van der Waals surface area contributed by atoms with E-state index in [2.05, 4.69) is 27.1 Å². The van der Waals surface area contributed by atoms with Crippen molar-refractivity contribution in [2.45, 2.75) is 32.2 Å². The van der Waals surface area contributed by atoms with Crippen molar-refractivity contribution in [2.75, 3.05) is 29.9 Å². The lowest BCUT2D eigenvalue weighted by Crippen LogP contribution is -2.38. The first-order valence-electron chi connectivity index (χ1n) is 6.35. The summed E-state index contributed by atoms with van der Waals surface area (Å²) in [6, 6.07) is 2.42. The summed E-state index contributed by atoms with van der Waals surface area (Å²) in [4.78, 5) is 11.2. The molecule has 2 heterocycles. The van der Waals surface area contributed by atoms with Gasteiger partial charge in [0.25, 0.3) is 0 Å². The average molecular weight is 235 g/mol. The molecule has 5 heteroatoms. The Morgan fingerprint density at radius 2 is 2.41 bits per heavy atom. The van der Waals surface area contributed by atoms with E-state index in [1.54, 1.807) is 0 Å². The lowest BCUT2D eigenvalue weighted by Gasteiger charge is -2.33. The molecule has 1 unspecified atom stereocenters. The predicted molar refractivity (Wildman–Crippen MR) is 70.2 cm³/mol. The molecule has 1 aliphatic rings. The van der Waals surface area contributed by atoms with Gasteiger partial charge in [-0.3, -0.25) is 0 Å². The molecule has 1 aliphatic heterocycles. The Kier molecular flexibility index (Phi) is 4.14. The number of nitrogens with zero attached hydrogens (tertiary/aromatic N) is 3. The number of nitrogens with one attached hydrogen (secondary N) is 1. The molecule has 5 nitrogen and oxygen atoms in total. The van der Waals surface area contributed by atoms with Crippen LogP contribution in [0.15, 0.2) is 12.3 Å². The summed E-state index contributed by atoms with van der Waals surface area (Å²) in [5.74, 6) is 1.69. The van der Waals surface area contributed by atoms with Crippen LogP contribution in [0, 0.1) is 0 Å². The van der Waals surface area contributed by atoms with Crippen molar-refractivity contribution in [3.05, 3.63) is 12.3 Å². The molecule has 0 bridgehead atoms. The van der Waals surface area contributed by atoms with Crippen LogP contribution in [0.2, 0.25) is 0 Å². The molecular formula is C12H21N5. The highest BCUT2D eigenvalue weighted by molar-refractivity contribution is 5.42. The zero-order chi connectivity index (χ0) is 12.1. The lowest BCUT2D eigenvalue weighted by molar-refractivity contribution is 0.477. The van der Waals surface area contributed by atoms with Crippen LogP contribution >= 0.6 is 0 Å². The van der Waals surface area contributed by atoms with Gasteiger partial charge in [0.15, 0.2) is 0 Å². The summed E-state index contributed by atoms with van der Waals surface area (Å²) in [7, 11) is 0. The minimum absolute atomic E-state index is 0.536. The minimum atomic E-state index is 0.536. The van der Waals surface area contributed by atoms with Crippen molar-refractivity contribution in [2.24, 2.45) is 5.73 Å². The highest BCUT2D eigenvalue weighted by Crippen LogP contribution is 2.21. The van der Waals surface area contributed by atoms with Crippen LogP contribution in [0.1, 0.15) is 26.2 Å². The number of rotatable bonds is 4. The van der Waals surface area contributed by atoms with Gasteiger partial charge in [0, 0.05) is 31.9 Å². The Morgan fingerprint density at radius 1 is 1.53 bits per heavy atom. The smallest absolute Gasteiger partial charge is 0.227 e. The summed E-state index contributed by atoms with van der Waals surface area (Å²) in [5, 5.41) is 3.19. The van der Waals surface area contributed by atoms with E-state index in [0.717, 1.165) is 24.9 Å². The van der Waals surface area contributed by atoms with E-state index in [0.29, 0.717) is 12.6 Å². The molecule has 17 heavy (non-hydrogen) atoms. The number of hydrogen-bond donors (Lipinski definition) is 2. The second-order valence-electron chi connectivity index (χ2n) is 4.50. The molecule has 0 aliphatic carbocycles. The van der Waals surface area contributed by atoms with Crippen molar-refractivity contribution in [1.29, 1.82) is 0 Å². The Labute approximate surface area is 102 Å². The topological polar surface area (TPSA) is 67.1 Å². The van der Waals surface area contributed by atoms with Gasteiger partial charge in [-0.25, -0.2) is 4.98 Å². The highest BCUT2D eigenvalue weighted by atomic mass is 15.3. The molecule has 3 N–H and O–H groups in total. The molecule has 94 valence electrons. The van der Waals surface area contributed by atoms with Gasteiger partial charge in [-0.1, -0.05) is 0 Å². The van der Waals surface area contributed by atoms with Gasteiger partial charge in [-0.05, 0) is 32.3 Å². The number of anilines is 2. The fraction of sp³-hybridized carbons (Fsp3) is 0.667. The number of hydrogen-bond acceptors (Lipinski definition) is 5. The van der Waals surface area contributed by atoms with Crippen LogP contribution in [-0.2, 0) is 0 Å². The normalized spacial score (nSPS) is 20.4. The van der Waals surface area contributed by atoms with Crippen LogP contribution in [-0.4, -0.2) is 35.6 Å². The van der Waals surface area contributed by atoms with Crippen molar-refractivity contribution in [1.82, 2.24) is 9.97 Å². The van der Waals surface area contributed by atoms with E-state index in [4.69, 9.17) is 5.73 Å². The Bertz CT molecular complexity index is 355. The molecule has 1 saturated heterocycles. The van der Waals surface area contributed by atoms with Gasteiger partial charge in [0.05, 0.1) is 0 Å². The molecule has 2 rings (SSSR count). The van der Waals surface area contributed by atoms with Crippen molar-refractivity contribution in [3.8, 4) is 0 Å². The third-order valence-corrected chi connectivity index (χ3v) is 3.15. The number of piperidine rings is 1. The van der Waals surface area contributed by atoms with Crippen LogP contribution in [0.4, 0.5) is 11.8 Å². The zero-order valence-electron chi connectivity index (χ0n) is 10.4. The van der Waals surface area contributed by atoms with E-state index in [9.17, 15) is 0 Å². The molecule has 1 fully saturated rings. The largest absolute Gasteiger partial charge is 0.369 e. The number of nitrogens with two attached hydrogens (primary N) is 1. The summed E-state index contributed by atoms with van der Waals surface area (Å²) in [6.45, 7) is 4.65. The van der Waals surface area contributed by atoms with Crippen molar-refractivity contribution < 1.29 is 0 Å². The molecule has 0 aromatic carbocycles. The van der Waals surface area contributed by atoms with Gasteiger partial charge >= 0.3 is 0 Å². The maximum absolute atomic E-state index is 5.46. The Hall–Kier alpha value is -1.36. The zero-order valence-corrected chi connectivity index (χ0v) is 10.4. The van der Waals surface area contributed by atoms with Crippen molar-refractivity contribution >= 4 is 11.8 Å². The van der Waals surface area contributed by atoms with E-state index in [-0.39, 0.29) is 0 Å². The second kappa shape index (κ2) is 5.82. The van der Waals surface area contributed by atoms with Crippen molar-refractivity contribution in [3.63, 3.8) is 0 Å². The summed E-state index contributed by atoms with van der Waals surface area (Å²) >= 11 is 0. The molecule has 0 saturated carbocycles. The minimum Gasteiger partial charge on any atom is -0.369 e. The predicted octanol–water partition coefficient (Wildman–Crippen LogP) is 1.23. The summed E-state index contributed by atoms with van der Waals surface area (Å²) in [5.41, 5.74) is 5.46. The fourth-order valence-corrected chi connectivity index (χ4v) is 2.18. The third-order valence-electron chi connectivity index (χ3n) is 3.15. The van der Waals surface area contributed by atoms with Crippen LogP contribution in [0.25, 0.3) is 0 Å². The average Bonchev–Trinajstić information content (AvgIpc) is 2.37.